The summed E-state index contributed by atoms with van der Waals surface area (Å²) >= 11 is 0. The highest BCUT2D eigenvalue weighted by molar-refractivity contribution is 6.02. The van der Waals surface area contributed by atoms with Gasteiger partial charge in [-0.1, -0.05) is 5.16 Å². The molecule has 1 N–H and O–H groups in total. The zero-order chi connectivity index (χ0) is 22.9. The van der Waals surface area contributed by atoms with E-state index in [9.17, 15) is 14.4 Å². The molecular weight excluding hydrogens is 402 g/mol. The standard InChI is InChI=1S/C22H25N3O6/c1-7-29-22(28)20-13(4)19(14(5)23-20)21(27)30-10-17(26)16-8-11(2)25(15(16)6)18-9-12(3)31-24-18/h8-9,23H,7,10H2,1-6H3. The third-order valence-corrected chi connectivity index (χ3v) is 5.03. The highest BCUT2D eigenvalue weighted by Crippen LogP contribution is 2.23. The summed E-state index contributed by atoms with van der Waals surface area (Å²) in [4.78, 5) is 40.3. The van der Waals surface area contributed by atoms with Crippen molar-refractivity contribution >= 4 is 17.7 Å². The summed E-state index contributed by atoms with van der Waals surface area (Å²) < 4.78 is 17.2. The Labute approximate surface area is 179 Å². The molecule has 0 atom stereocenters. The lowest BCUT2D eigenvalue weighted by atomic mass is 10.1. The number of esters is 2. The second kappa shape index (κ2) is 8.63. The Balaban J connectivity index is 1.76. The molecule has 164 valence electrons. The molecule has 9 nitrogen and oxygen atoms in total. The van der Waals surface area contributed by atoms with E-state index in [0.29, 0.717) is 34.1 Å². The van der Waals surface area contributed by atoms with Gasteiger partial charge in [-0.25, -0.2) is 9.59 Å². The van der Waals surface area contributed by atoms with Crippen molar-refractivity contribution in [2.75, 3.05) is 13.2 Å². The van der Waals surface area contributed by atoms with Crippen LogP contribution in [-0.2, 0) is 9.47 Å². The Kier molecular flexibility index (Phi) is 6.14. The molecule has 0 aromatic carbocycles. The van der Waals surface area contributed by atoms with Crippen molar-refractivity contribution < 1.29 is 28.4 Å². The minimum Gasteiger partial charge on any atom is -0.461 e. The first-order chi connectivity index (χ1) is 14.6. The Morgan fingerprint density at radius 1 is 1.06 bits per heavy atom. The Morgan fingerprint density at radius 3 is 2.39 bits per heavy atom. The molecule has 0 spiro atoms. The van der Waals surface area contributed by atoms with Crippen molar-refractivity contribution in [3.8, 4) is 5.82 Å². The average molecular weight is 427 g/mol. The Morgan fingerprint density at radius 2 is 1.77 bits per heavy atom. The fourth-order valence-corrected chi connectivity index (χ4v) is 3.60. The van der Waals surface area contributed by atoms with Gasteiger partial charge in [-0.3, -0.25) is 9.36 Å². The van der Waals surface area contributed by atoms with Crippen LogP contribution in [-0.4, -0.2) is 45.6 Å². The van der Waals surface area contributed by atoms with Gasteiger partial charge in [0, 0.05) is 28.7 Å². The number of nitrogens with one attached hydrogen (secondary N) is 1. The molecule has 0 unspecified atom stereocenters. The number of nitrogens with zero attached hydrogens (tertiary/aromatic N) is 2. The van der Waals surface area contributed by atoms with Crippen molar-refractivity contribution in [2.24, 2.45) is 0 Å². The molecule has 0 aliphatic carbocycles. The lowest BCUT2D eigenvalue weighted by Gasteiger charge is -2.07. The summed E-state index contributed by atoms with van der Waals surface area (Å²) in [5.41, 5.74) is 3.22. The van der Waals surface area contributed by atoms with E-state index in [1.165, 1.54) is 0 Å². The number of hydrogen-bond acceptors (Lipinski definition) is 7. The predicted molar refractivity (Wildman–Crippen MR) is 111 cm³/mol. The zero-order valence-corrected chi connectivity index (χ0v) is 18.4. The van der Waals surface area contributed by atoms with Crippen LogP contribution >= 0.6 is 0 Å². The predicted octanol–water partition coefficient (Wildman–Crippen LogP) is 3.55. The van der Waals surface area contributed by atoms with Crippen LogP contribution < -0.4 is 0 Å². The first-order valence-corrected chi connectivity index (χ1v) is 9.84. The van der Waals surface area contributed by atoms with Gasteiger partial charge in [0.15, 0.2) is 12.4 Å². The summed E-state index contributed by atoms with van der Waals surface area (Å²) in [6.45, 7) is 10.2. The molecular formula is C22H25N3O6. The number of rotatable bonds is 7. The van der Waals surface area contributed by atoms with Crippen molar-refractivity contribution in [2.45, 2.75) is 41.5 Å². The molecule has 0 aliphatic heterocycles. The lowest BCUT2D eigenvalue weighted by Crippen LogP contribution is -2.16. The Bertz CT molecular complexity index is 1160. The maximum Gasteiger partial charge on any atom is 0.355 e. The molecule has 0 fully saturated rings. The van der Waals surface area contributed by atoms with E-state index in [2.05, 4.69) is 10.1 Å². The molecule has 3 rings (SSSR count). The number of aryl methyl sites for hydroxylation is 3. The molecule has 0 aliphatic rings. The van der Waals surface area contributed by atoms with E-state index >= 15 is 0 Å². The zero-order valence-electron chi connectivity index (χ0n) is 18.4. The number of aromatic nitrogens is 3. The topological polar surface area (TPSA) is 116 Å². The largest absolute Gasteiger partial charge is 0.461 e. The Hall–Kier alpha value is -3.62. The summed E-state index contributed by atoms with van der Waals surface area (Å²) in [5.74, 6) is -0.341. The van der Waals surface area contributed by atoms with E-state index in [1.807, 2.05) is 6.92 Å². The van der Waals surface area contributed by atoms with Crippen molar-refractivity contribution in [3.63, 3.8) is 0 Å². The van der Waals surface area contributed by atoms with Crippen LogP contribution in [0.1, 0.15) is 66.5 Å². The highest BCUT2D eigenvalue weighted by atomic mass is 16.5. The van der Waals surface area contributed by atoms with Gasteiger partial charge in [-0.05, 0) is 53.2 Å². The van der Waals surface area contributed by atoms with Gasteiger partial charge in [0.25, 0.3) is 0 Å². The van der Waals surface area contributed by atoms with Gasteiger partial charge in [0.05, 0.1) is 12.2 Å². The van der Waals surface area contributed by atoms with Crippen LogP contribution in [0.15, 0.2) is 16.7 Å². The maximum atomic E-state index is 12.8. The van der Waals surface area contributed by atoms with Gasteiger partial charge >= 0.3 is 11.9 Å². The normalized spacial score (nSPS) is 10.9. The SMILES string of the molecule is CCOC(=O)c1[nH]c(C)c(C(=O)OCC(=O)c2cc(C)n(-c3cc(C)on3)c2C)c1C. The van der Waals surface area contributed by atoms with Gasteiger partial charge in [0.1, 0.15) is 11.5 Å². The first kappa shape index (κ1) is 22.1. The number of H-pyrrole nitrogens is 1. The first-order valence-electron chi connectivity index (χ1n) is 9.84. The lowest BCUT2D eigenvalue weighted by molar-refractivity contribution is 0.0473. The molecule has 0 saturated heterocycles. The molecule has 3 heterocycles. The minimum absolute atomic E-state index is 0.198. The van der Waals surface area contributed by atoms with E-state index in [4.69, 9.17) is 14.0 Å². The molecule has 3 aromatic rings. The monoisotopic (exact) mass is 427 g/mol. The molecule has 0 saturated carbocycles. The molecule has 0 amide bonds. The summed E-state index contributed by atoms with van der Waals surface area (Å²) in [5, 5.41) is 3.99. The van der Waals surface area contributed by atoms with E-state index in [1.54, 1.807) is 51.3 Å². The average Bonchev–Trinajstić information content (AvgIpc) is 3.35. The van der Waals surface area contributed by atoms with Crippen molar-refractivity contribution in [3.05, 3.63) is 57.4 Å². The molecule has 31 heavy (non-hydrogen) atoms. The molecule has 9 heteroatoms. The molecule has 3 aromatic heterocycles. The highest BCUT2D eigenvalue weighted by Gasteiger charge is 2.25. The molecule has 0 bridgehead atoms. The number of ether oxygens (including phenoxy) is 2. The fraction of sp³-hybridized carbons (Fsp3) is 0.364. The number of ketones is 1. The van der Waals surface area contributed by atoms with Gasteiger partial charge in [-0.2, -0.15) is 0 Å². The summed E-state index contributed by atoms with van der Waals surface area (Å²) in [6, 6.07) is 3.49. The maximum absolute atomic E-state index is 12.8. The number of hydrogen-bond donors (Lipinski definition) is 1. The van der Waals surface area contributed by atoms with Gasteiger partial charge in [-0.15, -0.1) is 0 Å². The summed E-state index contributed by atoms with van der Waals surface area (Å²) in [6.07, 6.45) is 0. The number of carbonyl (C=O) groups excluding carboxylic acids is 3. The van der Waals surface area contributed by atoms with Crippen molar-refractivity contribution in [1.29, 1.82) is 0 Å². The van der Waals surface area contributed by atoms with E-state index in [-0.39, 0.29) is 23.6 Å². The van der Waals surface area contributed by atoms with Gasteiger partial charge in [0.2, 0.25) is 5.78 Å². The smallest absolute Gasteiger partial charge is 0.355 e. The quantitative estimate of drug-likeness (QED) is 0.453. The van der Waals surface area contributed by atoms with Crippen LogP contribution in [0.3, 0.4) is 0 Å². The van der Waals surface area contributed by atoms with Crippen LogP contribution in [0, 0.1) is 34.6 Å². The van der Waals surface area contributed by atoms with Crippen LogP contribution in [0.4, 0.5) is 0 Å². The minimum atomic E-state index is -0.684. The van der Waals surface area contributed by atoms with E-state index < -0.39 is 18.5 Å². The summed E-state index contributed by atoms with van der Waals surface area (Å²) in [7, 11) is 0. The number of aromatic amines is 1. The van der Waals surface area contributed by atoms with Crippen LogP contribution in [0.2, 0.25) is 0 Å². The second-order valence-electron chi connectivity index (χ2n) is 7.26. The van der Waals surface area contributed by atoms with Crippen molar-refractivity contribution in [1.82, 2.24) is 14.7 Å². The fourth-order valence-electron chi connectivity index (χ4n) is 3.60. The van der Waals surface area contributed by atoms with Crippen LogP contribution in [0.25, 0.3) is 5.82 Å². The van der Waals surface area contributed by atoms with Gasteiger partial charge < -0.3 is 19.0 Å². The molecule has 0 radical (unpaired) electrons. The third kappa shape index (κ3) is 4.16. The number of carbonyl (C=O) groups is 3. The second-order valence-corrected chi connectivity index (χ2v) is 7.26. The third-order valence-electron chi connectivity index (χ3n) is 5.03. The van der Waals surface area contributed by atoms with Crippen LogP contribution in [0.5, 0.6) is 0 Å². The van der Waals surface area contributed by atoms with E-state index in [0.717, 1.165) is 5.69 Å². The number of Topliss-reactive ketones (excluding diaryl/α,β-unsaturated/α-hetero) is 1.